The molecule has 1 aliphatic rings. The number of nitrogens with one attached hydrogen (secondary N) is 2. The Hall–Kier alpha value is -3.00. The van der Waals surface area contributed by atoms with Gasteiger partial charge in [0.1, 0.15) is 4.83 Å². The van der Waals surface area contributed by atoms with Crippen molar-refractivity contribution in [2.45, 2.75) is 39.7 Å². The molecule has 0 aliphatic carbocycles. The second-order valence-corrected chi connectivity index (χ2v) is 8.92. The van der Waals surface area contributed by atoms with Gasteiger partial charge in [-0.2, -0.15) is 0 Å². The van der Waals surface area contributed by atoms with Crippen LogP contribution in [0.5, 0.6) is 0 Å². The van der Waals surface area contributed by atoms with E-state index in [2.05, 4.69) is 34.3 Å². The molecule has 3 heterocycles. The third-order valence-corrected chi connectivity index (χ3v) is 7.17. The SMILES string of the molecule is CCc1ccc(CNC(=O)C2CCN(C(=O)c3sc4nc[nH]c(=O)c4c3C)CC2)cc1. The summed E-state index contributed by atoms with van der Waals surface area (Å²) < 4.78 is 0. The number of hydrogen-bond donors (Lipinski definition) is 2. The molecule has 2 aromatic heterocycles. The molecule has 0 radical (unpaired) electrons. The van der Waals surface area contributed by atoms with Gasteiger partial charge in [-0.15, -0.1) is 11.3 Å². The minimum absolute atomic E-state index is 0.0421. The summed E-state index contributed by atoms with van der Waals surface area (Å²) in [5, 5.41) is 3.51. The summed E-state index contributed by atoms with van der Waals surface area (Å²) in [6, 6.07) is 8.27. The lowest BCUT2D eigenvalue weighted by atomic mass is 9.95. The molecule has 1 aromatic carbocycles. The number of fused-ring (bicyclic) bond motifs is 1. The Balaban J connectivity index is 1.34. The van der Waals surface area contributed by atoms with Crippen molar-refractivity contribution in [3.63, 3.8) is 0 Å². The van der Waals surface area contributed by atoms with E-state index in [-0.39, 0.29) is 23.3 Å². The molecule has 1 aliphatic heterocycles. The predicted octanol–water partition coefficient (Wildman–Crippen LogP) is 3.02. The van der Waals surface area contributed by atoms with Crippen molar-refractivity contribution < 1.29 is 9.59 Å². The number of rotatable bonds is 5. The van der Waals surface area contributed by atoms with E-state index in [1.54, 1.807) is 11.8 Å². The molecule has 7 nitrogen and oxygen atoms in total. The lowest BCUT2D eigenvalue weighted by Gasteiger charge is -2.31. The van der Waals surface area contributed by atoms with Crippen LogP contribution in [0.25, 0.3) is 10.2 Å². The molecule has 2 amide bonds. The van der Waals surface area contributed by atoms with Crippen LogP contribution in [-0.2, 0) is 17.8 Å². The Morgan fingerprint density at radius 3 is 2.52 bits per heavy atom. The molecule has 0 atom stereocenters. The van der Waals surface area contributed by atoms with Crippen LogP contribution in [-0.4, -0.2) is 39.8 Å². The molecule has 4 rings (SSSR count). The van der Waals surface area contributed by atoms with Crippen molar-refractivity contribution in [3.8, 4) is 0 Å². The molecule has 31 heavy (non-hydrogen) atoms. The van der Waals surface area contributed by atoms with E-state index in [1.165, 1.54) is 23.2 Å². The van der Waals surface area contributed by atoms with Crippen molar-refractivity contribution >= 4 is 33.4 Å². The van der Waals surface area contributed by atoms with Crippen LogP contribution in [0.3, 0.4) is 0 Å². The van der Waals surface area contributed by atoms with Crippen molar-refractivity contribution in [2.24, 2.45) is 5.92 Å². The number of carbonyl (C=O) groups is 2. The highest BCUT2D eigenvalue weighted by molar-refractivity contribution is 7.20. The summed E-state index contributed by atoms with van der Waals surface area (Å²) in [6.07, 6.45) is 3.62. The fourth-order valence-corrected chi connectivity index (χ4v) is 5.12. The number of aryl methyl sites for hydroxylation is 2. The van der Waals surface area contributed by atoms with Gasteiger partial charge >= 0.3 is 0 Å². The summed E-state index contributed by atoms with van der Waals surface area (Å²) in [7, 11) is 0. The normalized spacial score (nSPS) is 14.7. The van der Waals surface area contributed by atoms with Gasteiger partial charge in [-0.1, -0.05) is 31.2 Å². The summed E-state index contributed by atoms with van der Waals surface area (Å²) >= 11 is 1.25. The number of carbonyl (C=O) groups excluding carboxylic acids is 2. The first-order chi connectivity index (χ1) is 15.0. The number of hydrogen-bond acceptors (Lipinski definition) is 5. The van der Waals surface area contributed by atoms with Gasteiger partial charge in [-0.05, 0) is 42.9 Å². The van der Waals surface area contributed by atoms with Gasteiger partial charge in [0.15, 0.2) is 0 Å². The molecular formula is C23H26N4O3S. The highest BCUT2D eigenvalue weighted by Gasteiger charge is 2.29. The maximum absolute atomic E-state index is 13.0. The standard InChI is InChI=1S/C23H26N4O3S/c1-3-15-4-6-16(7-5-15)12-24-20(28)17-8-10-27(11-9-17)23(30)19-14(2)18-21(29)25-13-26-22(18)31-19/h4-7,13,17H,3,8-12H2,1-2H3,(H,24,28)(H,25,26,29). The Kier molecular flexibility index (Phi) is 6.18. The third kappa shape index (κ3) is 4.39. The maximum atomic E-state index is 13.0. The van der Waals surface area contributed by atoms with Crippen LogP contribution in [0.4, 0.5) is 0 Å². The minimum Gasteiger partial charge on any atom is -0.352 e. The molecule has 8 heteroatoms. The maximum Gasteiger partial charge on any atom is 0.264 e. The molecule has 0 saturated carbocycles. The summed E-state index contributed by atoms with van der Waals surface area (Å²) in [5.41, 5.74) is 2.81. The number of likely N-dealkylation sites (tertiary alicyclic amines) is 1. The van der Waals surface area contributed by atoms with Crippen LogP contribution in [0.15, 0.2) is 35.4 Å². The lowest BCUT2D eigenvalue weighted by molar-refractivity contribution is -0.126. The van der Waals surface area contributed by atoms with Gasteiger partial charge in [0.2, 0.25) is 5.91 Å². The van der Waals surface area contributed by atoms with Crippen molar-refractivity contribution in [3.05, 3.63) is 62.5 Å². The number of H-pyrrole nitrogens is 1. The first-order valence-corrected chi connectivity index (χ1v) is 11.4. The van der Waals surface area contributed by atoms with Crippen LogP contribution >= 0.6 is 11.3 Å². The second-order valence-electron chi connectivity index (χ2n) is 7.92. The van der Waals surface area contributed by atoms with Gasteiger partial charge in [0.25, 0.3) is 11.5 Å². The van der Waals surface area contributed by atoms with E-state index in [1.807, 2.05) is 12.1 Å². The molecular weight excluding hydrogens is 412 g/mol. The monoisotopic (exact) mass is 438 g/mol. The number of benzene rings is 1. The van der Waals surface area contributed by atoms with Crippen molar-refractivity contribution in [2.75, 3.05) is 13.1 Å². The topological polar surface area (TPSA) is 95.2 Å². The molecule has 1 saturated heterocycles. The van der Waals surface area contributed by atoms with E-state index in [4.69, 9.17) is 0 Å². The number of piperidine rings is 1. The zero-order chi connectivity index (χ0) is 22.0. The zero-order valence-corrected chi connectivity index (χ0v) is 18.6. The fourth-order valence-electron chi connectivity index (χ4n) is 4.00. The summed E-state index contributed by atoms with van der Waals surface area (Å²) in [6.45, 7) is 5.48. The zero-order valence-electron chi connectivity index (χ0n) is 17.7. The highest BCUT2D eigenvalue weighted by atomic mass is 32.1. The van der Waals surface area contributed by atoms with Gasteiger partial charge in [-0.3, -0.25) is 14.4 Å². The van der Waals surface area contributed by atoms with E-state index in [0.29, 0.717) is 53.1 Å². The summed E-state index contributed by atoms with van der Waals surface area (Å²) in [5.74, 6) is -0.137. The Labute approximate surface area is 184 Å². The highest BCUT2D eigenvalue weighted by Crippen LogP contribution is 2.29. The second kappa shape index (κ2) is 9.01. The lowest BCUT2D eigenvalue weighted by Crippen LogP contribution is -2.42. The van der Waals surface area contributed by atoms with Crippen LogP contribution in [0.2, 0.25) is 0 Å². The third-order valence-electron chi connectivity index (χ3n) is 5.98. The van der Waals surface area contributed by atoms with E-state index in [9.17, 15) is 14.4 Å². The van der Waals surface area contributed by atoms with E-state index < -0.39 is 0 Å². The number of aromatic amines is 1. The smallest absolute Gasteiger partial charge is 0.264 e. The van der Waals surface area contributed by atoms with Crippen LogP contribution in [0, 0.1) is 12.8 Å². The average Bonchev–Trinajstić information content (AvgIpc) is 3.15. The van der Waals surface area contributed by atoms with E-state index in [0.717, 1.165) is 12.0 Å². The molecule has 0 bridgehead atoms. The van der Waals surface area contributed by atoms with Crippen molar-refractivity contribution in [1.29, 1.82) is 0 Å². The first kappa shape index (κ1) is 21.2. The van der Waals surface area contributed by atoms with Gasteiger partial charge in [0, 0.05) is 25.6 Å². The van der Waals surface area contributed by atoms with E-state index >= 15 is 0 Å². The Bertz CT molecular complexity index is 1160. The summed E-state index contributed by atoms with van der Waals surface area (Å²) in [4.78, 5) is 47.3. The average molecular weight is 439 g/mol. The molecule has 3 aromatic rings. The van der Waals surface area contributed by atoms with Crippen LogP contribution in [0.1, 0.15) is 46.1 Å². The molecule has 2 N–H and O–H groups in total. The molecule has 162 valence electrons. The number of aromatic nitrogens is 2. The number of thiophene rings is 1. The quantitative estimate of drug-likeness (QED) is 0.640. The molecule has 0 unspecified atom stereocenters. The van der Waals surface area contributed by atoms with Crippen molar-refractivity contribution in [1.82, 2.24) is 20.2 Å². The van der Waals surface area contributed by atoms with Gasteiger partial charge < -0.3 is 15.2 Å². The Morgan fingerprint density at radius 1 is 1.19 bits per heavy atom. The Morgan fingerprint density at radius 2 is 1.87 bits per heavy atom. The number of amides is 2. The van der Waals surface area contributed by atoms with Gasteiger partial charge in [0.05, 0.1) is 16.6 Å². The molecule has 0 spiro atoms. The number of nitrogens with zero attached hydrogens (tertiary/aromatic N) is 2. The minimum atomic E-state index is -0.225. The van der Waals surface area contributed by atoms with Crippen LogP contribution < -0.4 is 10.9 Å². The predicted molar refractivity (Wildman–Crippen MR) is 121 cm³/mol. The molecule has 1 fully saturated rings. The first-order valence-electron chi connectivity index (χ1n) is 10.6. The van der Waals surface area contributed by atoms with Gasteiger partial charge in [-0.25, -0.2) is 4.98 Å². The fraction of sp³-hybridized carbons (Fsp3) is 0.391. The largest absolute Gasteiger partial charge is 0.352 e.